The summed E-state index contributed by atoms with van der Waals surface area (Å²) in [6.07, 6.45) is 0.828. The number of fused-ring (bicyclic) bond motifs is 2. The molecule has 0 unspecified atom stereocenters. The average molecular weight is 364 g/mol. The van der Waals surface area contributed by atoms with Crippen LogP contribution in [0.3, 0.4) is 0 Å². The van der Waals surface area contributed by atoms with E-state index in [0.29, 0.717) is 42.2 Å². The van der Waals surface area contributed by atoms with Gasteiger partial charge in [-0.2, -0.15) is 0 Å². The van der Waals surface area contributed by atoms with Gasteiger partial charge in [0.25, 0.3) is 5.91 Å². The van der Waals surface area contributed by atoms with Crippen LogP contribution >= 0.6 is 11.6 Å². The lowest BCUT2D eigenvalue weighted by molar-refractivity contribution is -0.129. The highest BCUT2D eigenvalue weighted by molar-refractivity contribution is 6.32. The van der Waals surface area contributed by atoms with Gasteiger partial charge in [0, 0.05) is 23.8 Å². The van der Waals surface area contributed by atoms with Crippen molar-refractivity contribution in [2.75, 3.05) is 19.8 Å². The number of aliphatic hydroxyl groups is 1. The Morgan fingerprint density at radius 2 is 2.00 bits per heavy atom. The van der Waals surface area contributed by atoms with Gasteiger partial charge in [-0.3, -0.25) is 14.4 Å². The maximum absolute atomic E-state index is 13.2. The van der Waals surface area contributed by atoms with E-state index in [1.54, 1.807) is 18.2 Å². The van der Waals surface area contributed by atoms with Crippen LogP contribution in [-0.4, -0.2) is 42.3 Å². The second kappa shape index (κ2) is 6.61. The van der Waals surface area contributed by atoms with Crippen molar-refractivity contribution in [1.82, 2.24) is 5.32 Å². The molecule has 0 radical (unpaired) electrons. The van der Waals surface area contributed by atoms with Crippen molar-refractivity contribution in [3.63, 3.8) is 0 Å². The first-order valence-corrected chi connectivity index (χ1v) is 8.38. The van der Waals surface area contributed by atoms with E-state index in [0.717, 1.165) is 0 Å². The van der Waals surface area contributed by atoms with Crippen LogP contribution in [0.25, 0.3) is 5.76 Å². The van der Waals surface area contributed by atoms with E-state index in [9.17, 15) is 19.5 Å². The molecule has 132 valence electrons. The number of hydrogen-bond donors (Lipinski definition) is 2. The normalized spacial score (nSPS) is 18.9. The van der Waals surface area contributed by atoms with Gasteiger partial charge in [0.05, 0.1) is 12.0 Å². The number of rotatable bonds is 3. The Hall–Kier alpha value is -2.18. The molecule has 1 saturated heterocycles. The van der Waals surface area contributed by atoms with Gasteiger partial charge in [-0.1, -0.05) is 17.7 Å². The predicted molar refractivity (Wildman–Crippen MR) is 91.4 cm³/mol. The number of benzene rings is 1. The van der Waals surface area contributed by atoms with Gasteiger partial charge in [0.15, 0.2) is 5.78 Å². The van der Waals surface area contributed by atoms with Gasteiger partial charge in [0.2, 0.25) is 0 Å². The largest absolute Gasteiger partial charge is 0.506 e. The zero-order valence-electron chi connectivity index (χ0n) is 13.7. The van der Waals surface area contributed by atoms with Crippen molar-refractivity contribution in [3.8, 4) is 0 Å². The maximum atomic E-state index is 13.2. The molecule has 1 aliphatic heterocycles. The van der Waals surface area contributed by atoms with E-state index in [4.69, 9.17) is 16.3 Å². The molecule has 0 atom stereocenters. The summed E-state index contributed by atoms with van der Waals surface area (Å²) in [4.78, 5) is 36.8. The molecule has 6 nitrogen and oxygen atoms in total. The Kier molecular flexibility index (Phi) is 4.67. The van der Waals surface area contributed by atoms with E-state index in [2.05, 4.69) is 5.32 Å². The van der Waals surface area contributed by atoms with Crippen LogP contribution in [0.2, 0.25) is 5.02 Å². The van der Waals surface area contributed by atoms with Crippen molar-refractivity contribution in [2.45, 2.75) is 25.2 Å². The first-order chi connectivity index (χ1) is 11.9. The topological polar surface area (TPSA) is 92.7 Å². The zero-order chi connectivity index (χ0) is 18.2. The van der Waals surface area contributed by atoms with Crippen LogP contribution in [0.15, 0.2) is 23.8 Å². The fraction of sp³-hybridized carbons (Fsp3) is 0.389. The SMILES string of the molecule is CC(=O)CNC(=O)C1=C(O)c2cc(Cl)ccc2C2(CCOCC2)C1=O. The molecule has 0 bridgehead atoms. The molecule has 1 fully saturated rings. The highest BCUT2D eigenvalue weighted by atomic mass is 35.5. The van der Waals surface area contributed by atoms with Crippen LogP contribution in [0, 0.1) is 0 Å². The van der Waals surface area contributed by atoms with Gasteiger partial charge < -0.3 is 15.2 Å². The summed E-state index contributed by atoms with van der Waals surface area (Å²) >= 11 is 6.05. The lowest BCUT2D eigenvalue weighted by Gasteiger charge is -2.40. The summed E-state index contributed by atoms with van der Waals surface area (Å²) in [5.41, 5.74) is -0.210. The first-order valence-electron chi connectivity index (χ1n) is 8.00. The third kappa shape index (κ3) is 2.96. The Bertz CT molecular complexity index is 793. The highest BCUT2D eigenvalue weighted by Crippen LogP contribution is 2.46. The number of amides is 1. The molecule has 2 N–H and O–H groups in total. The number of carbonyl (C=O) groups is 3. The van der Waals surface area contributed by atoms with E-state index in [1.807, 2.05) is 0 Å². The van der Waals surface area contributed by atoms with Crippen molar-refractivity contribution in [3.05, 3.63) is 39.9 Å². The number of aliphatic hydroxyl groups excluding tert-OH is 1. The molecular formula is C18H18ClNO5. The molecule has 1 amide bonds. The Morgan fingerprint density at radius 1 is 1.32 bits per heavy atom. The van der Waals surface area contributed by atoms with Crippen molar-refractivity contribution in [1.29, 1.82) is 0 Å². The van der Waals surface area contributed by atoms with E-state index >= 15 is 0 Å². The lowest BCUT2D eigenvalue weighted by atomic mass is 9.64. The summed E-state index contributed by atoms with van der Waals surface area (Å²) in [7, 11) is 0. The molecule has 1 heterocycles. The molecular weight excluding hydrogens is 346 g/mol. The number of halogens is 1. The highest BCUT2D eigenvalue weighted by Gasteiger charge is 2.50. The Balaban J connectivity index is 2.14. The van der Waals surface area contributed by atoms with Crippen LogP contribution in [0.4, 0.5) is 0 Å². The number of Topliss-reactive ketones (excluding diaryl/α,β-unsaturated/α-hetero) is 2. The minimum atomic E-state index is -0.923. The standard InChI is InChI=1S/C18H18ClNO5/c1-10(21)9-20-17(24)14-15(22)12-8-11(19)2-3-13(12)18(16(14)23)4-6-25-7-5-18/h2-3,8,22H,4-7,9H2,1H3,(H,20,24). The van der Waals surface area contributed by atoms with Gasteiger partial charge in [-0.05, 0) is 37.5 Å². The molecule has 1 aliphatic carbocycles. The summed E-state index contributed by atoms with van der Waals surface area (Å²) in [5.74, 6) is -1.85. The third-order valence-corrected chi connectivity index (χ3v) is 4.96. The Labute approximate surface area is 149 Å². The van der Waals surface area contributed by atoms with Crippen LogP contribution in [-0.2, 0) is 24.5 Å². The molecule has 1 aromatic rings. The average Bonchev–Trinajstić information content (AvgIpc) is 2.59. The van der Waals surface area contributed by atoms with Gasteiger partial charge in [0.1, 0.15) is 17.1 Å². The van der Waals surface area contributed by atoms with Gasteiger partial charge in [-0.15, -0.1) is 0 Å². The number of hydrogen-bond acceptors (Lipinski definition) is 5. The summed E-state index contributed by atoms with van der Waals surface area (Å²) in [6.45, 7) is 1.89. The number of nitrogens with one attached hydrogen (secondary N) is 1. The minimum absolute atomic E-state index is 0.207. The molecule has 1 aromatic carbocycles. The minimum Gasteiger partial charge on any atom is -0.506 e. The molecule has 1 spiro atoms. The van der Waals surface area contributed by atoms with E-state index in [1.165, 1.54) is 6.92 Å². The molecule has 3 rings (SSSR count). The zero-order valence-corrected chi connectivity index (χ0v) is 14.5. The molecule has 0 aromatic heterocycles. The maximum Gasteiger partial charge on any atom is 0.259 e. The van der Waals surface area contributed by atoms with E-state index < -0.39 is 22.9 Å². The van der Waals surface area contributed by atoms with Crippen molar-refractivity contribution >= 4 is 34.8 Å². The number of carbonyl (C=O) groups excluding carboxylic acids is 3. The van der Waals surface area contributed by atoms with Crippen molar-refractivity contribution in [2.24, 2.45) is 0 Å². The molecule has 0 saturated carbocycles. The van der Waals surface area contributed by atoms with Gasteiger partial charge >= 0.3 is 0 Å². The summed E-state index contributed by atoms with van der Waals surface area (Å²) < 4.78 is 5.38. The van der Waals surface area contributed by atoms with E-state index in [-0.39, 0.29) is 17.9 Å². The molecule has 7 heteroatoms. The first kappa shape index (κ1) is 17.6. The quantitative estimate of drug-likeness (QED) is 0.801. The van der Waals surface area contributed by atoms with Gasteiger partial charge in [-0.25, -0.2) is 0 Å². The fourth-order valence-electron chi connectivity index (χ4n) is 3.45. The van der Waals surface area contributed by atoms with Crippen LogP contribution in [0.5, 0.6) is 0 Å². The number of ether oxygens (including phenoxy) is 1. The smallest absolute Gasteiger partial charge is 0.259 e. The monoisotopic (exact) mass is 363 g/mol. The second-order valence-corrected chi connectivity index (χ2v) is 6.76. The van der Waals surface area contributed by atoms with Crippen LogP contribution < -0.4 is 5.32 Å². The fourth-order valence-corrected chi connectivity index (χ4v) is 3.63. The third-order valence-electron chi connectivity index (χ3n) is 4.72. The van der Waals surface area contributed by atoms with Crippen LogP contribution in [0.1, 0.15) is 30.9 Å². The molecule has 25 heavy (non-hydrogen) atoms. The lowest BCUT2D eigenvalue weighted by Crippen LogP contribution is -2.48. The predicted octanol–water partition coefficient (Wildman–Crippen LogP) is 1.95. The Morgan fingerprint density at radius 3 is 2.64 bits per heavy atom. The molecule has 2 aliphatic rings. The van der Waals surface area contributed by atoms with Crippen molar-refractivity contribution < 1.29 is 24.2 Å². The number of ketones is 2. The summed E-state index contributed by atoms with van der Waals surface area (Å²) in [5, 5.41) is 13.4. The second-order valence-electron chi connectivity index (χ2n) is 6.32. The summed E-state index contributed by atoms with van der Waals surface area (Å²) in [6, 6.07) is 4.94.